The Hall–Kier alpha value is -1.41. The normalized spacial score (nSPS) is 15.4. The van der Waals surface area contributed by atoms with Gasteiger partial charge in [-0.25, -0.2) is 0 Å². The van der Waals surface area contributed by atoms with Gasteiger partial charge in [-0.2, -0.15) is 0 Å². The van der Waals surface area contributed by atoms with Gasteiger partial charge >= 0.3 is 0 Å². The second-order valence-electron chi connectivity index (χ2n) is 3.18. The largest absolute Gasteiger partial charge is 0.507 e. The minimum atomic E-state index is 0.316. The lowest BCUT2D eigenvalue weighted by atomic mass is 9.99. The quantitative estimate of drug-likeness (QED) is 0.706. The van der Waals surface area contributed by atoms with Crippen molar-refractivity contribution in [2.45, 2.75) is 6.42 Å². The van der Waals surface area contributed by atoms with Gasteiger partial charge < -0.3 is 5.11 Å². The summed E-state index contributed by atoms with van der Waals surface area (Å²) in [7, 11) is 0. The lowest BCUT2D eigenvalue weighted by Gasteiger charge is -2.09. The summed E-state index contributed by atoms with van der Waals surface area (Å²) < 4.78 is 0. The van der Waals surface area contributed by atoms with Gasteiger partial charge in [-0.05, 0) is 17.7 Å². The van der Waals surface area contributed by atoms with Crippen LogP contribution in [0.3, 0.4) is 0 Å². The van der Waals surface area contributed by atoms with Crippen LogP contribution in [-0.4, -0.2) is 9.97 Å². The van der Waals surface area contributed by atoms with Crippen molar-refractivity contribution in [1.82, 2.24) is 0 Å². The van der Waals surface area contributed by atoms with E-state index in [4.69, 9.17) is 12.2 Å². The Morgan fingerprint density at radius 3 is 2.57 bits per heavy atom. The first-order chi connectivity index (χ1) is 6.77. The molecular formula is C12H10OS. The van der Waals surface area contributed by atoms with Crippen LogP contribution in [-0.2, 0) is 0 Å². The molecule has 1 aromatic carbocycles. The molecule has 1 nitrogen and oxygen atoms in total. The van der Waals surface area contributed by atoms with Crippen molar-refractivity contribution in [3.8, 4) is 5.75 Å². The molecule has 0 radical (unpaired) electrons. The Bertz CT molecular complexity index is 430. The molecule has 0 fully saturated rings. The van der Waals surface area contributed by atoms with Gasteiger partial charge in [0.1, 0.15) is 5.75 Å². The van der Waals surface area contributed by atoms with Crippen LogP contribution in [0.5, 0.6) is 5.75 Å². The van der Waals surface area contributed by atoms with Crippen LogP contribution in [0, 0.1) is 0 Å². The molecule has 0 atom stereocenters. The van der Waals surface area contributed by atoms with Crippen LogP contribution >= 0.6 is 12.2 Å². The van der Waals surface area contributed by atoms with Crippen molar-refractivity contribution < 1.29 is 5.11 Å². The fraction of sp³-hybridized carbons (Fsp3) is 0.0833. The molecule has 0 amide bonds. The van der Waals surface area contributed by atoms with Crippen molar-refractivity contribution in [2.24, 2.45) is 0 Å². The summed E-state index contributed by atoms with van der Waals surface area (Å²) in [6, 6.07) is 7.32. The molecule has 0 aliphatic heterocycles. The molecule has 1 aliphatic rings. The maximum absolute atomic E-state index is 9.62. The number of rotatable bonds is 1. The predicted molar refractivity (Wildman–Crippen MR) is 62.4 cm³/mol. The van der Waals surface area contributed by atoms with E-state index in [1.807, 2.05) is 36.4 Å². The molecule has 0 saturated heterocycles. The topological polar surface area (TPSA) is 20.2 Å². The van der Waals surface area contributed by atoms with Crippen LogP contribution in [0.4, 0.5) is 0 Å². The summed E-state index contributed by atoms with van der Waals surface area (Å²) in [6.45, 7) is 0. The lowest BCUT2D eigenvalue weighted by molar-refractivity contribution is 0.473. The van der Waals surface area contributed by atoms with Gasteiger partial charge in [0.2, 0.25) is 0 Å². The molecule has 0 spiro atoms. The average molecular weight is 202 g/mol. The Labute approximate surface area is 88.4 Å². The number of phenolic OH excluding ortho intramolecular Hbond substituents is 1. The van der Waals surface area contributed by atoms with E-state index in [1.165, 1.54) is 0 Å². The molecule has 0 saturated carbocycles. The molecule has 0 bridgehead atoms. The molecule has 2 heteroatoms. The highest BCUT2D eigenvalue weighted by Crippen LogP contribution is 2.27. The van der Waals surface area contributed by atoms with Gasteiger partial charge in [0.25, 0.3) is 0 Å². The second kappa shape index (κ2) is 3.76. The third-order valence-electron chi connectivity index (χ3n) is 2.19. The van der Waals surface area contributed by atoms with Crippen LogP contribution in [0.15, 0.2) is 42.5 Å². The first kappa shape index (κ1) is 9.16. The number of para-hydroxylation sites is 1. The van der Waals surface area contributed by atoms with E-state index >= 15 is 0 Å². The number of hydrogen-bond acceptors (Lipinski definition) is 2. The average Bonchev–Trinajstić information content (AvgIpc) is 2.20. The number of allylic oxidation sites excluding steroid dienone is 4. The van der Waals surface area contributed by atoms with E-state index in [-0.39, 0.29) is 0 Å². The highest BCUT2D eigenvalue weighted by molar-refractivity contribution is 7.80. The van der Waals surface area contributed by atoms with Gasteiger partial charge in [-0.1, -0.05) is 42.6 Å². The SMILES string of the molecule is Oc1ccccc1C1=CCC(=S)C=C1. The van der Waals surface area contributed by atoms with Gasteiger partial charge in [0.15, 0.2) is 0 Å². The van der Waals surface area contributed by atoms with Gasteiger partial charge in [-0.15, -0.1) is 0 Å². The summed E-state index contributed by atoms with van der Waals surface area (Å²) in [4.78, 5) is 0.934. The first-order valence-corrected chi connectivity index (χ1v) is 4.87. The fourth-order valence-electron chi connectivity index (χ4n) is 1.45. The zero-order valence-electron chi connectivity index (χ0n) is 7.60. The number of hydrogen-bond donors (Lipinski definition) is 1. The summed E-state index contributed by atoms with van der Waals surface area (Å²) in [6.07, 6.45) is 6.69. The van der Waals surface area contributed by atoms with Crippen molar-refractivity contribution in [1.29, 1.82) is 0 Å². The molecule has 2 rings (SSSR count). The molecular weight excluding hydrogens is 192 g/mol. The van der Waals surface area contributed by atoms with Crippen LogP contribution in [0.25, 0.3) is 5.57 Å². The second-order valence-corrected chi connectivity index (χ2v) is 3.70. The first-order valence-electron chi connectivity index (χ1n) is 4.47. The number of phenols is 1. The molecule has 1 aromatic rings. The summed E-state index contributed by atoms with van der Waals surface area (Å²) in [5.41, 5.74) is 1.91. The third-order valence-corrected chi connectivity index (χ3v) is 2.49. The van der Waals surface area contributed by atoms with Crippen LogP contribution in [0.1, 0.15) is 12.0 Å². The number of aromatic hydroxyl groups is 1. The Morgan fingerprint density at radius 1 is 1.14 bits per heavy atom. The Balaban J connectivity index is 2.38. The van der Waals surface area contributed by atoms with Crippen molar-refractivity contribution >= 4 is 22.7 Å². The molecule has 1 N–H and O–H groups in total. The Kier molecular flexibility index (Phi) is 2.46. The predicted octanol–water partition coefficient (Wildman–Crippen LogP) is 3.11. The van der Waals surface area contributed by atoms with Crippen molar-refractivity contribution in [3.05, 3.63) is 48.1 Å². The highest BCUT2D eigenvalue weighted by Gasteiger charge is 2.06. The smallest absolute Gasteiger partial charge is 0.123 e. The monoisotopic (exact) mass is 202 g/mol. The third kappa shape index (κ3) is 1.75. The summed E-state index contributed by atoms with van der Waals surface area (Å²) in [5, 5.41) is 9.62. The van der Waals surface area contributed by atoms with Crippen LogP contribution < -0.4 is 0 Å². The van der Waals surface area contributed by atoms with E-state index in [9.17, 15) is 5.11 Å². The molecule has 70 valence electrons. The lowest BCUT2D eigenvalue weighted by Crippen LogP contribution is -1.94. The number of thiocarbonyl (C=S) groups is 1. The minimum Gasteiger partial charge on any atom is -0.507 e. The Morgan fingerprint density at radius 2 is 1.93 bits per heavy atom. The molecule has 14 heavy (non-hydrogen) atoms. The maximum Gasteiger partial charge on any atom is 0.123 e. The van der Waals surface area contributed by atoms with Gasteiger partial charge in [-0.3, -0.25) is 0 Å². The van der Waals surface area contributed by atoms with Crippen molar-refractivity contribution in [3.63, 3.8) is 0 Å². The molecule has 0 unspecified atom stereocenters. The minimum absolute atomic E-state index is 0.316. The highest BCUT2D eigenvalue weighted by atomic mass is 32.1. The van der Waals surface area contributed by atoms with E-state index in [2.05, 4.69) is 0 Å². The van der Waals surface area contributed by atoms with Gasteiger partial charge in [0, 0.05) is 16.8 Å². The maximum atomic E-state index is 9.62. The molecule has 1 aliphatic carbocycles. The zero-order chi connectivity index (χ0) is 9.97. The standard InChI is InChI=1S/C12H10OS/c13-12-4-2-1-3-11(12)9-5-7-10(14)8-6-9/h1-7,13H,8H2. The van der Waals surface area contributed by atoms with E-state index in [0.717, 1.165) is 22.4 Å². The fourth-order valence-corrected chi connectivity index (χ4v) is 1.60. The van der Waals surface area contributed by atoms with E-state index < -0.39 is 0 Å². The number of benzene rings is 1. The zero-order valence-corrected chi connectivity index (χ0v) is 8.42. The van der Waals surface area contributed by atoms with Crippen LogP contribution in [0.2, 0.25) is 0 Å². The summed E-state index contributed by atoms with van der Waals surface area (Å²) in [5.74, 6) is 0.316. The molecule has 0 aromatic heterocycles. The van der Waals surface area contributed by atoms with Gasteiger partial charge in [0.05, 0.1) is 0 Å². The van der Waals surface area contributed by atoms with E-state index in [0.29, 0.717) is 5.75 Å². The van der Waals surface area contributed by atoms with Crippen molar-refractivity contribution in [2.75, 3.05) is 0 Å². The van der Waals surface area contributed by atoms with E-state index in [1.54, 1.807) is 6.07 Å². The summed E-state index contributed by atoms with van der Waals surface area (Å²) >= 11 is 5.05. The molecule has 0 heterocycles.